The third-order valence-corrected chi connectivity index (χ3v) is 3.83. The Kier molecular flexibility index (Phi) is 7.45. The summed E-state index contributed by atoms with van der Waals surface area (Å²) >= 11 is 0. The Labute approximate surface area is 123 Å². The minimum absolute atomic E-state index is 0.280. The number of ether oxygens (including phenoxy) is 2. The van der Waals surface area contributed by atoms with Crippen molar-refractivity contribution in [1.29, 1.82) is 0 Å². The lowest BCUT2D eigenvalue weighted by Crippen LogP contribution is -2.19. The average Bonchev–Trinajstić information content (AvgIpc) is 2.48. The molecule has 0 heterocycles. The number of benzene rings is 1. The molecule has 1 atom stereocenters. The van der Waals surface area contributed by atoms with Gasteiger partial charge < -0.3 is 14.8 Å². The fourth-order valence-electron chi connectivity index (χ4n) is 2.27. The number of hydrogen-bond donors (Lipinski definition) is 1. The summed E-state index contributed by atoms with van der Waals surface area (Å²) in [7, 11) is 1.69. The maximum absolute atomic E-state index is 6.07. The summed E-state index contributed by atoms with van der Waals surface area (Å²) in [5.74, 6) is 2.39. The highest BCUT2D eigenvalue weighted by Crippen LogP contribution is 2.30. The molecule has 1 unspecified atom stereocenters. The van der Waals surface area contributed by atoms with Gasteiger partial charge in [0.05, 0.1) is 13.7 Å². The van der Waals surface area contributed by atoms with Gasteiger partial charge in [-0.25, -0.2) is 0 Å². The van der Waals surface area contributed by atoms with Crippen LogP contribution in [-0.2, 0) is 0 Å². The van der Waals surface area contributed by atoms with Gasteiger partial charge in [-0.3, -0.25) is 0 Å². The molecule has 0 saturated heterocycles. The molecule has 0 aromatic heterocycles. The summed E-state index contributed by atoms with van der Waals surface area (Å²) in [5.41, 5.74) is 1.19. The first kappa shape index (κ1) is 16.8. The van der Waals surface area contributed by atoms with Crippen LogP contribution in [0.15, 0.2) is 18.2 Å². The second-order valence-electron chi connectivity index (χ2n) is 5.18. The Hall–Kier alpha value is -1.22. The van der Waals surface area contributed by atoms with Gasteiger partial charge in [-0.2, -0.15) is 0 Å². The van der Waals surface area contributed by atoms with Gasteiger partial charge in [-0.05, 0) is 25.5 Å². The Bertz CT molecular complexity index is 389. The van der Waals surface area contributed by atoms with Gasteiger partial charge in [0.1, 0.15) is 11.5 Å². The largest absolute Gasteiger partial charge is 0.497 e. The minimum atomic E-state index is 0.280. The molecule has 1 rings (SSSR count). The summed E-state index contributed by atoms with van der Waals surface area (Å²) in [6.07, 6.45) is 2.30. The van der Waals surface area contributed by atoms with Crippen molar-refractivity contribution in [1.82, 2.24) is 5.32 Å². The molecule has 3 heteroatoms. The third kappa shape index (κ3) is 4.71. The van der Waals surface area contributed by atoms with Crippen LogP contribution >= 0.6 is 0 Å². The van der Waals surface area contributed by atoms with Crippen molar-refractivity contribution in [3.8, 4) is 11.5 Å². The molecule has 3 nitrogen and oxygen atoms in total. The fraction of sp³-hybridized carbons (Fsp3) is 0.647. The van der Waals surface area contributed by atoms with E-state index in [0.29, 0.717) is 5.92 Å². The van der Waals surface area contributed by atoms with Crippen molar-refractivity contribution in [2.45, 2.75) is 46.6 Å². The lowest BCUT2D eigenvalue weighted by Gasteiger charge is -2.20. The van der Waals surface area contributed by atoms with Crippen LogP contribution in [0.4, 0.5) is 0 Å². The van der Waals surface area contributed by atoms with E-state index in [1.54, 1.807) is 7.11 Å². The number of nitrogens with one attached hydrogen (secondary N) is 1. The lowest BCUT2D eigenvalue weighted by molar-refractivity contribution is 0.236. The smallest absolute Gasteiger partial charge is 0.127 e. The number of hydrogen-bond acceptors (Lipinski definition) is 3. The van der Waals surface area contributed by atoms with Crippen molar-refractivity contribution >= 4 is 0 Å². The maximum Gasteiger partial charge on any atom is 0.127 e. The maximum atomic E-state index is 6.07. The zero-order chi connectivity index (χ0) is 15.0. The molecule has 0 bridgehead atoms. The van der Waals surface area contributed by atoms with E-state index < -0.39 is 0 Å². The van der Waals surface area contributed by atoms with Crippen LogP contribution in [0.1, 0.15) is 52.1 Å². The minimum Gasteiger partial charge on any atom is -0.497 e. The third-order valence-electron chi connectivity index (χ3n) is 3.83. The normalized spacial score (nSPS) is 12.5. The molecule has 114 valence electrons. The van der Waals surface area contributed by atoms with E-state index in [1.165, 1.54) is 5.56 Å². The first-order valence-corrected chi connectivity index (χ1v) is 7.70. The molecule has 0 fully saturated rings. The summed E-state index contributed by atoms with van der Waals surface area (Å²) in [6, 6.07) is 6.36. The van der Waals surface area contributed by atoms with E-state index in [0.717, 1.165) is 37.5 Å². The molecule has 0 saturated carbocycles. The van der Waals surface area contributed by atoms with Gasteiger partial charge in [0.2, 0.25) is 0 Å². The first-order valence-electron chi connectivity index (χ1n) is 7.70. The lowest BCUT2D eigenvalue weighted by atomic mass is 10.0. The monoisotopic (exact) mass is 279 g/mol. The van der Waals surface area contributed by atoms with Crippen LogP contribution in [0.5, 0.6) is 11.5 Å². The van der Waals surface area contributed by atoms with Gasteiger partial charge >= 0.3 is 0 Å². The van der Waals surface area contributed by atoms with Crippen LogP contribution < -0.4 is 14.8 Å². The predicted molar refractivity (Wildman–Crippen MR) is 84.7 cm³/mol. The van der Waals surface area contributed by atoms with Crippen LogP contribution in [0.25, 0.3) is 0 Å². The SMILES string of the molecule is CCNC(C)c1ccc(OC)cc1OCC(CC)CC. The van der Waals surface area contributed by atoms with Gasteiger partial charge in [0.15, 0.2) is 0 Å². The van der Waals surface area contributed by atoms with Gasteiger partial charge in [0, 0.05) is 17.7 Å². The Morgan fingerprint density at radius 3 is 2.40 bits per heavy atom. The van der Waals surface area contributed by atoms with Crippen molar-refractivity contribution in [2.24, 2.45) is 5.92 Å². The zero-order valence-corrected chi connectivity index (χ0v) is 13.5. The van der Waals surface area contributed by atoms with E-state index in [-0.39, 0.29) is 6.04 Å². The Morgan fingerprint density at radius 2 is 1.85 bits per heavy atom. The topological polar surface area (TPSA) is 30.5 Å². The molecular weight excluding hydrogens is 250 g/mol. The number of rotatable bonds is 9. The Balaban J connectivity index is 2.88. The van der Waals surface area contributed by atoms with Gasteiger partial charge in [-0.1, -0.05) is 39.7 Å². The molecule has 0 amide bonds. The van der Waals surface area contributed by atoms with Crippen LogP contribution in [0, 0.1) is 5.92 Å². The molecule has 0 aliphatic carbocycles. The highest BCUT2D eigenvalue weighted by molar-refractivity contribution is 5.42. The van der Waals surface area contributed by atoms with E-state index in [2.05, 4.69) is 39.1 Å². The molecular formula is C17H29NO2. The second-order valence-corrected chi connectivity index (χ2v) is 5.18. The van der Waals surface area contributed by atoms with Crippen molar-refractivity contribution in [2.75, 3.05) is 20.3 Å². The molecule has 1 aromatic rings. The molecule has 0 aliphatic rings. The number of methoxy groups -OCH3 is 1. The van der Waals surface area contributed by atoms with Crippen LogP contribution in [0.2, 0.25) is 0 Å². The second kappa shape index (κ2) is 8.85. The highest BCUT2D eigenvalue weighted by Gasteiger charge is 2.13. The van der Waals surface area contributed by atoms with Gasteiger partial charge in [0.25, 0.3) is 0 Å². The molecule has 1 aromatic carbocycles. The van der Waals surface area contributed by atoms with E-state index in [1.807, 2.05) is 12.1 Å². The average molecular weight is 279 g/mol. The highest BCUT2D eigenvalue weighted by atomic mass is 16.5. The molecule has 0 spiro atoms. The van der Waals surface area contributed by atoms with Crippen LogP contribution in [-0.4, -0.2) is 20.3 Å². The Morgan fingerprint density at radius 1 is 1.15 bits per heavy atom. The standard InChI is InChI=1S/C17H29NO2/c1-6-14(7-2)12-20-17-11-15(19-5)9-10-16(17)13(4)18-8-3/h9-11,13-14,18H,6-8,12H2,1-5H3. The molecule has 20 heavy (non-hydrogen) atoms. The van der Waals surface area contributed by atoms with Gasteiger partial charge in [-0.15, -0.1) is 0 Å². The molecule has 1 N–H and O–H groups in total. The van der Waals surface area contributed by atoms with Crippen molar-refractivity contribution in [3.05, 3.63) is 23.8 Å². The van der Waals surface area contributed by atoms with E-state index in [4.69, 9.17) is 9.47 Å². The summed E-state index contributed by atoms with van der Waals surface area (Å²) in [6.45, 7) is 10.4. The molecule has 0 aliphatic heterocycles. The predicted octanol–water partition coefficient (Wildman–Crippen LogP) is 4.18. The zero-order valence-electron chi connectivity index (χ0n) is 13.5. The fourth-order valence-corrected chi connectivity index (χ4v) is 2.27. The first-order chi connectivity index (χ1) is 9.65. The van der Waals surface area contributed by atoms with Crippen molar-refractivity contribution < 1.29 is 9.47 Å². The van der Waals surface area contributed by atoms with E-state index >= 15 is 0 Å². The van der Waals surface area contributed by atoms with Crippen molar-refractivity contribution in [3.63, 3.8) is 0 Å². The summed E-state index contributed by atoms with van der Waals surface area (Å²) < 4.78 is 11.4. The van der Waals surface area contributed by atoms with Crippen LogP contribution in [0.3, 0.4) is 0 Å². The quantitative estimate of drug-likeness (QED) is 0.735. The molecule has 0 radical (unpaired) electrons. The summed E-state index contributed by atoms with van der Waals surface area (Å²) in [5, 5.41) is 3.43. The summed E-state index contributed by atoms with van der Waals surface area (Å²) in [4.78, 5) is 0. The van der Waals surface area contributed by atoms with E-state index in [9.17, 15) is 0 Å².